The van der Waals surface area contributed by atoms with Gasteiger partial charge in [0.25, 0.3) is 5.91 Å². The Bertz CT molecular complexity index is 625. The van der Waals surface area contributed by atoms with E-state index in [1.807, 2.05) is 23.2 Å². The molecule has 0 saturated carbocycles. The number of methoxy groups -OCH3 is 1. The molecular weight excluding hydrogens is 294 g/mol. The number of amides is 1. The molecule has 2 aromatic rings. The van der Waals surface area contributed by atoms with E-state index in [1.165, 1.54) is 12.5 Å². The first kappa shape index (κ1) is 15.6. The Hall–Kier alpha value is -2.34. The fraction of sp³-hybridized carbons (Fsp3) is 0.412. The van der Waals surface area contributed by atoms with Crippen molar-refractivity contribution in [2.45, 2.75) is 13.0 Å². The van der Waals surface area contributed by atoms with E-state index in [9.17, 15) is 4.79 Å². The Morgan fingerprint density at radius 3 is 2.87 bits per heavy atom. The van der Waals surface area contributed by atoms with Crippen LogP contribution in [-0.2, 0) is 6.54 Å². The topological polar surface area (TPSA) is 58.8 Å². The summed E-state index contributed by atoms with van der Waals surface area (Å²) in [6.45, 7) is 4.18. The van der Waals surface area contributed by atoms with E-state index in [2.05, 4.69) is 9.88 Å². The summed E-state index contributed by atoms with van der Waals surface area (Å²) in [5, 5.41) is 0. The predicted octanol–water partition coefficient (Wildman–Crippen LogP) is 2.03. The third-order valence-electron chi connectivity index (χ3n) is 4.06. The van der Waals surface area contributed by atoms with Crippen LogP contribution in [0.15, 0.2) is 41.3 Å². The minimum atomic E-state index is 0.0479. The number of pyridine rings is 1. The molecule has 3 rings (SSSR count). The van der Waals surface area contributed by atoms with E-state index in [-0.39, 0.29) is 5.91 Å². The molecule has 122 valence electrons. The zero-order chi connectivity index (χ0) is 16.1. The fourth-order valence-corrected chi connectivity index (χ4v) is 2.78. The van der Waals surface area contributed by atoms with E-state index < -0.39 is 0 Å². The van der Waals surface area contributed by atoms with Crippen molar-refractivity contribution in [1.82, 2.24) is 14.8 Å². The van der Waals surface area contributed by atoms with Gasteiger partial charge in [0.2, 0.25) is 5.88 Å². The molecule has 3 heterocycles. The third kappa shape index (κ3) is 3.90. The molecule has 0 spiro atoms. The Balaban J connectivity index is 1.56. The minimum Gasteiger partial charge on any atom is -0.481 e. The molecule has 1 saturated heterocycles. The highest BCUT2D eigenvalue weighted by atomic mass is 16.5. The molecule has 1 amide bonds. The van der Waals surface area contributed by atoms with Gasteiger partial charge in [-0.3, -0.25) is 9.69 Å². The van der Waals surface area contributed by atoms with Crippen molar-refractivity contribution >= 4 is 5.91 Å². The molecule has 0 radical (unpaired) electrons. The molecule has 0 aliphatic carbocycles. The Morgan fingerprint density at radius 1 is 1.26 bits per heavy atom. The van der Waals surface area contributed by atoms with Gasteiger partial charge in [0.1, 0.15) is 6.26 Å². The lowest BCUT2D eigenvalue weighted by Crippen LogP contribution is -2.34. The molecule has 0 aromatic carbocycles. The number of aromatic nitrogens is 1. The zero-order valence-corrected chi connectivity index (χ0v) is 13.3. The summed E-state index contributed by atoms with van der Waals surface area (Å²) in [5.41, 5.74) is 1.78. The first-order valence-corrected chi connectivity index (χ1v) is 7.79. The van der Waals surface area contributed by atoms with Crippen molar-refractivity contribution < 1.29 is 13.9 Å². The summed E-state index contributed by atoms with van der Waals surface area (Å²) in [7, 11) is 1.61. The first-order chi connectivity index (χ1) is 11.3. The van der Waals surface area contributed by atoms with Crippen LogP contribution in [0.1, 0.15) is 22.3 Å². The smallest absolute Gasteiger partial charge is 0.257 e. The Labute approximate surface area is 135 Å². The molecule has 1 fully saturated rings. The molecule has 1 aliphatic heterocycles. The molecule has 23 heavy (non-hydrogen) atoms. The monoisotopic (exact) mass is 315 g/mol. The quantitative estimate of drug-likeness (QED) is 0.864. The molecule has 6 nitrogen and oxygen atoms in total. The summed E-state index contributed by atoms with van der Waals surface area (Å²) in [4.78, 5) is 20.9. The number of carbonyl (C=O) groups is 1. The average Bonchev–Trinajstić information content (AvgIpc) is 3.02. The van der Waals surface area contributed by atoms with Crippen LogP contribution in [0, 0.1) is 0 Å². The maximum absolute atomic E-state index is 12.4. The molecule has 0 bridgehead atoms. The number of rotatable bonds is 4. The lowest BCUT2D eigenvalue weighted by Gasteiger charge is -2.21. The van der Waals surface area contributed by atoms with Gasteiger partial charge >= 0.3 is 0 Å². The highest BCUT2D eigenvalue weighted by molar-refractivity contribution is 5.93. The zero-order valence-electron chi connectivity index (χ0n) is 13.3. The van der Waals surface area contributed by atoms with Crippen LogP contribution < -0.4 is 4.74 Å². The highest BCUT2D eigenvalue weighted by Crippen LogP contribution is 2.13. The maximum atomic E-state index is 12.4. The standard InChI is InChI=1S/C17H21N3O3/c1-22-16-4-3-14(11-18-16)12-19-6-2-7-20(9-8-19)17(21)15-5-10-23-13-15/h3-5,10-11,13H,2,6-9,12H2,1H3. The van der Waals surface area contributed by atoms with Crippen molar-refractivity contribution in [2.75, 3.05) is 33.3 Å². The summed E-state index contributed by atoms with van der Waals surface area (Å²) in [5.74, 6) is 0.674. The average molecular weight is 315 g/mol. The van der Waals surface area contributed by atoms with E-state index in [0.29, 0.717) is 11.4 Å². The van der Waals surface area contributed by atoms with Gasteiger partial charge in [0.15, 0.2) is 0 Å². The van der Waals surface area contributed by atoms with Gasteiger partial charge in [-0.15, -0.1) is 0 Å². The number of hydrogen-bond acceptors (Lipinski definition) is 5. The second kappa shape index (κ2) is 7.28. The fourth-order valence-electron chi connectivity index (χ4n) is 2.78. The van der Waals surface area contributed by atoms with Crippen LogP contribution in [0.25, 0.3) is 0 Å². The normalized spacial score (nSPS) is 16.1. The van der Waals surface area contributed by atoms with Crippen LogP contribution in [0.3, 0.4) is 0 Å². The van der Waals surface area contributed by atoms with E-state index in [1.54, 1.807) is 13.2 Å². The lowest BCUT2D eigenvalue weighted by molar-refractivity contribution is 0.0760. The van der Waals surface area contributed by atoms with E-state index in [4.69, 9.17) is 9.15 Å². The molecule has 0 unspecified atom stereocenters. The molecule has 0 N–H and O–H groups in total. The van der Waals surface area contributed by atoms with Gasteiger partial charge in [0.05, 0.1) is 18.9 Å². The number of nitrogens with zero attached hydrogens (tertiary/aromatic N) is 3. The van der Waals surface area contributed by atoms with Gasteiger partial charge < -0.3 is 14.1 Å². The van der Waals surface area contributed by atoms with Crippen molar-refractivity contribution in [2.24, 2.45) is 0 Å². The second-order valence-corrected chi connectivity index (χ2v) is 5.64. The molecule has 0 atom stereocenters. The summed E-state index contributed by atoms with van der Waals surface area (Å²) >= 11 is 0. The number of ether oxygens (including phenoxy) is 1. The van der Waals surface area contributed by atoms with E-state index in [0.717, 1.165) is 44.7 Å². The summed E-state index contributed by atoms with van der Waals surface area (Å²) in [6.07, 6.45) is 5.85. The van der Waals surface area contributed by atoms with E-state index >= 15 is 0 Å². The van der Waals surface area contributed by atoms with Crippen molar-refractivity contribution in [3.8, 4) is 5.88 Å². The first-order valence-electron chi connectivity index (χ1n) is 7.79. The number of furan rings is 1. The van der Waals surface area contributed by atoms with Gasteiger partial charge in [-0.25, -0.2) is 4.98 Å². The van der Waals surface area contributed by atoms with Gasteiger partial charge in [0, 0.05) is 45.0 Å². The van der Waals surface area contributed by atoms with Gasteiger partial charge in [-0.2, -0.15) is 0 Å². The SMILES string of the molecule is COc1ccc(CN2CCCN(C(=O)c3ccoc3)CC2)cn1. The van der Waals surface area contributed by atoms with Crippen molar-refractivity contribution in [1.29, 1.82) is 0 Å². The molecular formula is C17H21N3O3. The molecule has 6 heteroatoms. The van der Waals surface area contributed by atoms with Crippen LogP contribution >= 0.6 is 0 Å². The highest BCUT2D eigenvalue weighted by Gasteiger charge is 2.21. The van der Waals surface area contributed by atoms with Crippen LogP contribution in [-0.4, -0.2) is 54.0 Å². The van der Waals surface area contributed by atoms with Gasteiger partial charge in [-0.05, 0) is 18.1 Å². The maximum Gasteiger partial charge on any atom is 0.257 e. The predicted molar refractivity (Wildman–Crippen MR) is 85.3 cm³/mol. The van der Waals surface area contributed by atoms with Crippen molar-refractivity contribution in [3.05, 3.63) is 48.0 Å². The molecule has 2 aromatic heterocycles. The van der Waals surface area contributed by atoms with Crippen molar-refractivity contribution in [3.63, 3.8) is 0 Å². The Kier molecular flexibility index (Phi) is 4.92. The third-order valence-corrected chi connectivity index (χ3v) is 4.06. The van der Waals surface area contributed by atoms with Crippen LogP contribution in [0.2, 0.25) is 0 Å². The minimum absolute atomic E-state index is 0.0479. The summed E-state index contributed by atoms with van der Waals surface area (Å²) < 4.78 is 10.1. The number of carbonyl (C=O) groups excluding carboxylic acids is 1. The van der Waals surface area contributed by atoms with Crippen LogP contribution in [0.5, 0.6) is 5.88 Å². The summed E-state index contributed by atoms with van der Waals surface area (Å²) in [6, 6.07) is 5.63. The van der Waals surface area contributed by atoms with Gasteiger partial charge in [-0.1, -0.05) is 6.07 Å². The van der Waals surface area contributed by atoms with Crippen LogP contribution in [0.4, 0.5) is 0 Å². The number of hydrogen-bond donors (Lipinski definition) is 0. The second-order valence-electron chi connectivity index (χ2n) is 5.64. The Morgan fingerprint density at radius 2 is 2.17 bits per heavy atom. The lowest BCUT2D eigenvalue weighted by atomic mass is 10.2. The molecule has 1 aliphatic rings. The largest absolute Gasteiger partial charge is 0.481 e.